The van der Waals surface area contributed by atoms with Crippen LogP contribution in [0.5, 0.6) is 0 Å². The summed E-state index contributed by atoms with van der Waals surface area (Å²) in [6.07, 6.45) is 5.69. The van der Waals surface area contributed by atoms with Gasteiger partial charge in [0.2, 0.25) is 0 Å². The summed E-state index contributed by atoms with van der Waals surface area (Å²) in [7, 11) is 3.09. The van der Waals surface area contributed by atoms with E-state index >= 15 is 0 Å². The first-order valence-corrected chi connectivity index (χ1v) is 7.52. The van der Waals surface area contributed by atoms with E-state index in [4.69, 9.17) is 0 Å². The fraction of sp³-hybridized carbons (Fsp3) is 0.357. The van der Waals surface area contributed by atoms with Gasteiger partial charge >= 0.3 is 5.69 Å². The Labute approximate surface area is 126 Å². The van der Waals surface area contributed by atoms with Crippen LogP contribution in [0.3, 0.4) is 0 Å². The van der Waals surface area contributed by atoms with Crippen molar-refractivity contribution >= 4 is 22.9 Å². The minimum absolute atomic E-state index is 0.333. The summed E-state index contributed by atoms with van der Waals surface area (Å²) in [6, 6.07) is 0. The highest BCUT2D eigenvalue weighted by molar-refractivity contribution is 7.99. The molecule has 2 aromatic heterocycles. The lowest BCUT2D eigenvalue weighted by atomic mass is 10.5. The van der Waals surface area contributed by atoms with Crippen LogP contribution >= 0.6 is 11.8 Å². The largest absolute Gasteiger partial charge is 0.332 e. The molecule has 0 amide bonds. The summed E-state index contributed by atoms with van der Waals surface area (Å²) in [5.74, 6) is 0.755. The van der Waals surface area contributed by atoms with Crippen LogP contribution in [0, 0.1) is 0 Å². The van der Waals surface area contributed by atoms with Crippen LogP contribution in [0.15, 0.2) is 39.6 Å². The first kappa shape index (κ1) is 15.4. The second-order valence-corrected chi connectivity index (χ2v) is 5.54. The number of hydrogen-bond acceptors (Lipinski definition) is 4. The maximum Gasteiger partial charge on any atom is 0.332 e. The van der Waals surface area contributed by atoms with Crippen LogP contribution in [0.2, 0.25) is 0 Å². The highest BCUT2D eigenvalue weighted by Gasteiger charge is 2.18. The van der Waals surface area contributed by atoms with E-state index in [1.807, 2.05) is 19.1 Å². The van der Waals surface area contributed by atoms with Crippen molar-refractivity contribution in [1.82, 2.24) is 18.7 Å². The van der Waals surface area contributed by atoms with E-state index in [0.29, 0.717) is 22.9 Å². The summed E-state index contributed by atoms with van der Waals surface area (Å²) >= 11 is 1.52. The molecule has 112 valence electrons. The van der Waals surface area contributed by atoms with E-state index in [-0.39, 0.29) is 11.2 Å². The van der Waals surface area contributed by atoms with Crippen LogP contribution < -0.4 is 11.2 Å². The Balaban J connectivity index is 2.76. The zero-order valence-electron chi connectivity index (χ0n) is 12.4. The Bertz CT molecular complexity index is 826. The topological polar surface area (TPSA) is 61.8 Å². The van der Waals surface area contributed by atoms with Gasteiger partial charge in [-0.25, -0.2) is 9.78 Å². The number of allylic oxidation sites excluding steroid dienone is 2. The van der Waals surface area contributed by atoms with Crippen LogP contribution in [0.4, 0.5) is 0 Å². The number of rotatable bonds is 5. The van der Waals surface area contributed by atoms with Gasteiger partial charge < -0.3 is 4.57 Å². The molecule has 2 rings (SSSR count). The smallest absolute Gasteiger partial charge is 0.309 e. The number of aromatic nitrogens is 4. The van der Waals surface area contributed by atoms with E-state index in [1.54, 1.807) is 17.7 Å². The van der Waals surface area contributed by atoms with Gasteiger partial charge in [-0.3, -0.25) is 13.9 Å². The normalized spacial score (nSPS) is 11.6. The van der Waals surface area contributed by atoms with Gasteiger partial charge in [0.05, 0.1) is 0 Å². The SMILES string of the molecule is C=CCn1c(SC/C=C\C)nc2c1c(=O)n(C)c(=O)n2C. The monoisotopic (exact) mass is 306 g/mol. The summed E-state index contributed by atoms with van der Waals surface area (Å²) in [4.78, 5) is 28.8. The van der Waals surface area contributed by atoms with E-state index < -0.39 is 0 Å². The molecule has 0 unspecified atom stereocenters. The number of thioether (sulfide) groups is 1. The third-order valence-corrected chi connectivity index (χ3v) is 4.10. The van der Waals surface area contributed by atoms with Gasteiger partial charge in [-0.15, -0.1) is 6.58 Å². The molecule has 0 aliphatic rings. The predicted octanol–water partition coefficient (Wildman–Crippen LogP) is 1.29. The summed E-state index contributed by atoms with van der Waals surface area (Å²) in [5, 5.41) is 0.710. The maximum atomic E-state index is 12.4. The van der Waals surface area contributed by atoms with Gasteiger partial charge in [-0.2, -0.15) is 0 Å². The average molecular weight is 306 g/mol. The molecule has 0 atom stereocenters. The van der Waals surface area contributed by atoms with Gasteiger partial charge in [-0.1, -0.05) is 30.0 Å². The van der Waals surface area contributed by atoms with Crippen molar-refractivity contribution in [2.24, 2.45) is 14.1 Å². The third-order valence-electron chi connectivity index (χ3n) is 3.17. The summed E-state index contributed by atoms with van der Waals surface area (Å²) in [5.41, 5.74) is 0.136. The van der Waals surface area contributed by atoms with E-state index in [0.717, 1.165) is 10.3 Å². The maximum absolute atomic E-state index is 12.4. The Morgan fingerprint density at radius 2 is 2.00 bits per heavy atom. The van der Waals surface area contributed by atoms with E-state index in [9.17, 15) is 9.59 Å². The summed E-state index contributed by atoms with van der Waals surface area (Å²) < 4.78 is 4.30. The molecule has 0 N–H and O–H groups in total. The van der Waals surface area contributed by atoms with Gasteiger partial charge in [0.1, 0.15) is 0 Å². The van der Waals surface area contributed by atoms with Crippen LogP contribution in [-0.2, 0) is 20.6 Å². The molecule has 0 bridgehead atoms. The lowest BCUT2D eigenvalue weighted by Gasteiger charge is -2.06. The molecule has 2 heterocycles. The Hall–Kier alpha value is -2.02. The zero-order chi connectivity index (χ0) is 15.6. The number of nitrogens with zero attached hydrogens (tertiary/aromatic N) is 4. The standard InChI is InChI=1S/C14H18N4O2S/c1-5-7-9-21-13-15-11-10(18(13)8-6-2)12(19)17(4)14(20)16(11)3/h5-7H,2,8-9H2,1,3-4H3/b7-5-. The molecule has 7 heteroatoms. The van der Waals surface area contributed by atoms with Crippen molar-refractivity contribution in [1.29, 1.82) is 0 Å². The van der Waals surface area contributed by atoms with Gasteiger partial charge in [0.25, 0.3) is 5.56 Å². The minimum Gasteiger partial charge on any atom is -0.309 e. The number of imidazole rings is 1. The van der Waals surface area contributed by atoms with Crippen molar-refractivity contribution < 1.29 is 0 Å². The van der Waals surface area contributed by atoms with E-state index in [2.05, 4.69) is 11.6 Å². The van der Waals surface area contributed by atoms with Gasteiger partial charge in [0, 0.05) is 26.4 Å². The fourth-order valence-corrected chi connectivity index (χ4v) is 2.96. The van der Waals surface area contributed by atoms with Crippen molar-refractivity contribution in [3.8, 4) is 0 Å². The number of fused-ring (bicyclic) bond motifs is 1. The molecule has 0 radical (unpaired) electrons. The summed E-state index contributed by atoms with van der Waals surface area (Å²) in [6.45, 7) is 6.15. The number of aryl methyl sites for hydroxylation is 1. The Morgan fingerprint density at radius 1 is 1.29 bits per heavy atom. The highest BCUT2D eigenvalue weighted by Crippen LogP contribution is 2.21. The molecule has 0 aromatic carbocycles. The molecular formula is C14H18N4O2S. The quantitative estimate of drug-likeness (QED) is 0.617. The number of hydrogen-bond donors (Lipinski definition) is 0. The lowest BCUT2D eigenvalue weighted by Crippen LogP contribution is -2.37. The molecule has 0 aliphatic carbocycles. The van der Waals surface area contributed by atoms with Gasteiger partial charge in [-0.05, 0) is 6.92 Å². The second kappa shape index (κ2) is 6.17. The predicted molar refractivity (Wildman–Crippen MR) is 86.0 cm³/mol. The molecule has 2 aromatic rings. The molecule has 0 aliphatic heterocycles. The molecule has 0 saturated heterocycles. The lowest BCUT2D eigenvalue weighted by molar-refractivity contribution is 0.700. The van der Waals surface area contributed by atoms with Crippen molar-refractivity contribution in [3.05, 3.63) is 45.6 Å². The second-order valence-electron chi connectivity index (χ2n) is 4.55. The Kier molecular flexibility index (Phi) is 4.52. The van der Waals surface area contributed by atoms with Crippen molar-refractivity contribution in [3.63, 3.8) is 0 Å². The molecule has 6 nitrogen and oxygen atoms in total. The first-order chi connectivity index (χ1) is 10.0. The van der Waals surface area contributed by atoms with Crippen molar-refractivity contribution in [2.75, 3.05) is 5.75 Å². The first-order valence-electron chi connectivity index (χ1n) is 6.54. The van der Waals surface area contributed by atoms with Crippen molar-refractivity contribution in [2.45, 2.75) is 18.6 Å². The zero-order valence-corrected chi connectivity index (χ0v) is 13.2. The van der Waals surface area contributed by atoms with Crippen LogP contribution in [0.1, 0.15) is 6.92 Å². The fourth-order valence-electron chi connectivity index (χ4n) is 2.05. The molecule has 0 saturated carbocycles. The van der Waals surface area contributed by atoms with Crippen LogP contribution in [-0.4, -0.2) is 24.4 Å². The third kappa shape index (κ3) is 2.61. The molecular weight excluding hydrogens is 288 g/mol. The average Bonchev–Trinajstić information content (AvgIpc) is 2.83. The van der Waals surface area contributed by atoms with E-state index in [1.165, 1.54) is 23.4 Å². The Morgan fingerprint density at radius 3 is 2.62 bits per heavy atom. The van der Waals surface area contributed by atoms with Gasteiger partial charge in [0.15, 0.2) is 16.3 Å². The minimum atomic E-state index is -0.374. The molecule has 0 fully saturated rings. The highest BCUT2D eigenvalue weighted by atomic mass is 32.2. The molecule has 21 heavy (non-hydrogen) atoms. The molecule has 0 spiro atoms. The van der Waals surface area contributed by atoms with Crippen LogP contribution in [0.25, 0.3) is 11.2 Å².